The molecular weight excluding hydrogens is 206 g/mol. The molecule has 0 atom stereocenters. The van der Waals surface area contributed by atoms with Crippen LogP contribution in [0.3, 0.4) is 0 Å². The first-order valence-corrected chi connectivity index (χ1v) is 3.75. The molecule has 0 bridgehead atoms. The first kappa shape index (κ1) is 8.99. The summed E-state index contributed by atoms with van der Waals surface area (Å²) in [6.07, 6.45) is 0. The molecule has 0 unspecified atom stereocenters. The Bertz CT molecular complexity index is 556. The SMILES string of the molecule is O=[N+]([O-])c1cccc2c1n[n+]([O-])n[n+]2[O-]. The summed E-state index contributed by atoms with van der Waals surface area (Å²) in [6, 6.07) is 3.75. The van der Waals surface area contributed by atoms with Crippen molar-refractivity contribution in [2.45, 2.75) is 0 Å². The quantitative estimate of drug-likeness (QED) is 0.251. The second-order valence-corrected chi connectivity index (χ2v) is 2.62. The maximum absolute atomic E-state index is 11.1. The van der Waals surface area contributed by atoms with Crippen LogP contribution in [0.1, 0.15) is 0 Å². The smallest absolute Gasteiger partial charge is 0.326 e. The first-order chi connectivity index (χ1) is 7.09. The summed E-state index contributed by atoms with van der Waals surface area (Å²) < 4.78 is 0. The van der Waals surface area contributed by atoms with Crippen LogP contribution in [0.25, 0.3) is 11.0 Å². The Morgan fingerprint density at radius 3 is 2.73 bits per heavy atom. The molecule has 0 fully saturated rings. The number of rotatable bonds is 1. The van der Waals surface area contributed by atoms with Gasteiger partial charge in [-0.3, -0.25) is 10.1 Å². The van der Waals surface area contributed by atoms with Crippen LogP contribution in [0, 0.1) is 20.5 Å². The molecule has 15 heavy (non-hydrogen) atoms. The van der Waals surface area contributed by atoms with Gasteiger partial charge in [0, 0.05) is 17.0 Å². The van der Waals surface area contributed by atoms with Gasteiger partial charge in [0.15, 0.2) is 0 Å². The third-order valence-electron chi connectivity index (χ3n) is 1.74. The lowest BCUT2D eigenvalue weighted by Gasteiger charge is -1.95. The highest BCUT2D eigenvalue weighted by Gasteiger charge is 2.23. The van der Waals surface area contributed by atoms with Crippen molar-refractivity contribution in [2.75, 3.05) is 0 Å². The van der Waals surface area contributed by atoms with Gasteiger partial charge in [0.05, 0.1) is 10.0 Å². The number of nitro groups is 1. The van der Waals surface area contributed by atoms with Crippen LogP contribution in [0.5, 0.6) is 0 Å². The van der Waals surface area contributed by atoms with Gasteiger partial charge in [-0.2, -0.15) is 0 Å². The van der Waals surface area contributed by atoms with Gasteiger partial charge in [-0.25, -0.2) is 0 Å². The zero-order valence-electron chi connectivity index (χ0n) is 7.10. The van der Waals surface area contributed by atoms with Gasteiger partial charge in [-0.15, -0.1) is 0 Å². The van der Waals surface area contributed by atoms with Crippen molar-refractivity contribution in [3.63, 3.8) is 0 Å². The third-order valence-corrected chi connectivity index (χ3v) is 1.74. The van der Waals surface area contributed by atoms with Crippen molar-refractivity contribution in [1.82, 2.24) is 10.3 Å². The van der Waals surface area contributed by atoms with Crippen LogP contribution in [0.4, 0.5) is 5.69 Å². The number of hydrogen-bond acceptors (Lipinski definition) is 6. The molecule has 0 saturated carbocycles. The van der Waals surface area contributed by atoms with Gasteiger partial charge >= 0.3 is 10.9 Å². The van der Waals surface area contributed by atoms with E-state index in [1.54, 1.807) is 0 Å². The van der Waals surface area contributed by atoms with Crippen molar-refractivity contribution in [1.29, 1.82) is 0 Å². The molecule has 0 N–H and O–H groups in total. The number of hydrogen-bond donors (Lipinski definition) is 0. The number of fused-ring (bicyclic) bond motifs is 1. The van der Waals surface area contributed by atoms with Gasteiger partial charge in [0.25, 0.3) is 11.0 Å². The molecule has 1 heterocycles. The molecular formula is C6H3N5O4. The molecule has 0 saturated heterocycles. The third kappa shape index (κ3) is 1.35. The zero-order chi connectivity index (χ0) is 11.0. The highest BCUT2D eigenvalue weighted by Crippen LogP contribution is 2.18. The molecule has 0 aliphatic carbocycles. The molecule has 1 aromatic heterocycles. The second kappa shape index (κ2) is 2.97. The van der Waals surface area contributed by atoms with E-state index in [1.807, 2.05) is 0 Å². The Kier molecular flexibility index (Phi) is 1.78. The standard InChI is InChI=1S/C6H3N5O4/c12-9-4-2-1-3-5(10(13)14)6(4)7-11(15)8-9/h1-3H. The predicted octanol–water partition coefficient (Wildman–Crippen LogP) is -1.20. The molecule has 2 rings (SSSR count). The molecule has 0 amide bonds. The summed E-state index contributed by atoms with van der Waals surface area (Å²) in [4.78, 5) is 9.56. The maximum Gasteiger partial charge on any atom is 0.326 e. The van der Waals surface area contributed by atoms with Crippen LogP contribution in [0.2, 0.25) is 0 Å². The monoisotopic (exact) mass is 209 g/mol. The molecule has 9 nitrogen and oxygen atoms in total. The largest absolute Gasteiger partial charge is 0.590 e. The minimum atomic E-state index is -0.727. The highest BCUT2D eigenvalue weighted by atomic mass is 16.6. The number of benzene rings is 1. The van der Waals surface area contributed by atoms with E-state index in [2.05, 4.69) is 10.3 Å². The summed E-state index contributed by atoms with van der Waals surface area (Å²) in [6.45, 7) is 0. The van der Waals surface area contributed by atoms with Gasteiger partial charge < -0.3 is 10.4 Å². The Balaban J connectivity index is 2.91. The zero-order valence-corrected chi connectivity index (χ0v) is 7.10. The summed E-state index contributed by atoms with van der Waals surface area (Å²) in [5.74, 6) is 0. The fraction of sp³-hybridized carbons (Fsp3) is 0. The Hall–Kier alpha value is -2.58. The van der Waals surface area contributed by atoms with Crippen LogP contribution in [-0.2, 0) is 0 Å². The number of non-ortho nitro benzene ring substituents is 1. The number of nitro benzene ring substituents is 1. The van der Waals surface area contributed by atoms with E-state index in [0.717, 1.165) is 6.07 Å². The van der Waals surface area contributed by atoms with Crippen molar-refractivity contribution in [3.05, 3.63) is 38.7 Å². The van der Waals surface area contributed by atoms with E-state index in [-0.39, 0.29) is 20.8 Å². The molecule has 76 valence electrons. The molecule has 1 aromatic carbocycles. The maximum atomic E-state index is 11.1. The minimum absolute atomic E-state index is 0.0116. The first-order valence-electron chi connectivity index (χ1n) is 3.75. The van der Waals surface area contributed by atoms with E-state index in [1.165, 1.54) is 12.1 Å². The Morgan fingerprint density at radius 1 is 1.33 bits per heavy atom. The molecule has 0 radical (unpaired) electrons. The van der Waals surface area contributed by atoms with Gasteiger partial charge in [0.2, 0.25) is 0 Å². The topological polar surface area (TPSA) is 123 Å². The van der Waals surface area contributed by atoms with Gasteiger partial charge in [-0.1, -0.05) is 0 Å². The normalized spacial score (nSPS) is 10.4. The Labute approximate surface area is 81.5 Å². The number of aromatic nitrogens is 4. The minimum Gasteiger partial charge on any atom is -0.590 e. The second-order valence-electron chi connectivity index (χ2n) is 2.62. The van der Waals surface area contributed by atoms with Crippen LogP contribution in [-0.4, -0.2) is 15.2 Å². The van der Waals surface area contributed by atoms with E-state index in [9.17, 15) is 20.5 Å². The van der Waals surface area contributed by atoms with Crippen molar-refractivity contribution in [2.24, 2.45) is 0 Å². The van der Waals surface area contributed by atoms with E-state index in [4.69, 9.17) is 0 Å². The van der Waals surface area contributed by atoms with Crippen molar-refractivity contribution in [3.8, 4) is 0 Å². The van der Waals surface area contributed by atoms with Gasteiger partial charge in [0.1, 0.15) is 4.96 Å². The molecule has 0 aliphatic rings. The molecule has 9 heteroatoms. The van der Waals surface area contributed by atoms with E-state index in [0.29, 0.717) is 0 Å². The summed E-state index contributed by atoms with van der Waals surface area (Å²) in [5, 5.41) is 38.5. The lowest BCUT2D eigenvalue weighted by atomic mass is 10.3. The Morgan fingerprint density at radius 2 is 2.07 bits per heavy atom. The summed E-state index contributed by atoms with van der Waals surface area (Å²) in [5.41, 5.74) is -0.831. The van der Waals surface area contributed by atoms with Crippen LogP contribution < -0.4 is 9.80 Å². The van der Waals surface area contributed by atoms with Crippen LogP contribution >= 0.6 is 0 Å². The average Bonchev–Trinajstić information content (AvgIpc) is 2.16. The van der Waals surface area contributed by atoms with E-state index < -0.39 is 10.6 Å². The average molecular weight is 209 g/mol. The van der Waals surface area contributed by atoms with Crippen molar-refractivity contribution < 1.29 is 14.7 Å². The molecule has 0 aliphatic heterocycles. The fourth-order valence-corrected chi connectivity index (χ4v) is 1.15. The lowest BCUT2D eigenvalue weighted by molar-refractivity contribution is -0.863. The highest BCUT2D eigenvalue weighted by molar-refractivity contribution is 5.80. The molecule has 0 spiro atoms. The molecule has 2 aromatic rings. The number of nitrogens with zero attached hydrogens (tertiary/aromatic N) is 5. The van der Waals surface area contributed by atoms with Crippen molar-refractivity contribution >= 4 is 16.7 Å². The fourth-order valence-electron chi connectivity index (χ4n) is 1.15. The summed E-state index contributed by atoms with van der Waals surface area (Å²) >= 11 is 0. The lowest BCUT2D eigenvalue weighted by Crippen LogP contribution is -2.50. The summed E-state index contributed by atoms with van der Waals surface area (Å²) in [7, 11) is 0. The predicted molar refractivity (Wildman–Crippen MR) is 44.1 cm³/mol. The van der Waals surface area contributed by atoms with E-state index >= 15 is 0 Å². The van der Waals surface area contributed by atoms with Gasteiger partial charge in [-0.05, 0) is 6.07 Å². The van der Waals surface area contributed by atoms with Crippen LogP contribution in [0.15, 0.2) is 18.2 Å².